The number of H-pyrrole nitrogens is 1. The Morgan fingerprint density at radius 1 is 1.43 bits per heavy atom. The van der Waals surface area contributed by atoms with Crippen molar-refractivity contribution in [3.05, 3.63) is 45.4 Å². The lowest BCUT2D eigenvalue weighted by molar-refractivity contribution is 0.0993. The molecule has 0 fully saturated rings. The zero-order valence-electron chi connectivity index (χ0n) is 12.6. The molecule has 0 radical (unpaired) electrons. The molecule has 1 aromatic carbocycles. The van der Waals surface area contributed by atoms with Gasteiger partial charge in [-0.05, 0) is 39.3 Å². The molecule has 1 N–H and O–H groups in total. The topological polar surface area (TPSA) is 67.8 Å². The summed E-state index contributed by atoms with van der Waals surface area (Å²) in [5.74, 6) is 0.0549. The predicted octanol–water partition coefficient (Wildman–Crippen LogP) is 2.57. The van der Waals surface area contributed by atoms with Crippen LogP contribution in [-0.2, 0) is 6.54 Å². The van der Waals surface area contributed by atoms with E-state index in [0.29, 0.717) is 11.7 Å². The molecule has 2 aromatic rings. The van der Waals surface area contributed by atoms with Crippen LogP contribution in [0.15, 0.2) is 28.2 Å². The number of aromatic amines is 1. The first kappa shape index (κ1) is 15.6. The summed E-state index contributed by atoms with van der Waals surface area (Å²) in [4.78, 5) is 24.1. The molecule has 112 valence electrons. The van der Waals surface area contributed by atoms with E-state index in [1.54, 1.807) is 0 Å². The quantitative estimate of drug-likeness (QED) is 0.681. The molecule has 0 aliphatic carbocycles. The van der Waals surface area contributed by atoms with Crippen molar-refractivity contribution in [2.75, 3.05) is 0 Å². The lowest BCUT2D eigenvalue weighted by Crippen LogP contribution is -2.19. The van der Waals surface area contributed by atoms with Crippen molar-refractivity contribution in [2.24, 2.45) is 0 Å². The van der Waals surface area contributed by atoms with Gasteiger partial charge in [0.05, 0.1) is 5.25 Å². The first-order valence-electron chi connectivity index (χ1n) is 6.87. The van der Waals surface area contributed by atoms with Gasteiger partial charge in [-0.3, -0.25) is 9.36 Å². The predicted molar refractivity (Wildman–Crippen MR) is 84.1 cm³/mol. The third-order valence-electron chi connectivity index (χ3n) is 3.35. The zero-order valence-corrected chi connectivity index (χ0v) is 13.5. The minimum absolute atomic E-state index is 0.0549. The number of Topliss-reactive ketones (excluding diaryl/α,β-unsaturated/α-hetero) is 1. The number of aromatic nitrogens is 3. The van der Waals surface area contributed by atoms with Crippen LogP contribution in [0.5, 0.6) is 0 Å². The van der Waals surface area contributed by atoms with Gasteiger partial charge in [0.1, 0.15) is 0 Å². The zero-order chi connectivity index (χ0) is 15.6. The lowest BCUT2D eigenvalue weighted by Gasteiger charge is -2.12. The van der Waals surface area contributed by atoms with Crippen molar-refractivity contribution >= 4 is 17.5 Å². The molecule has 21 heavy (non-hydrogen) atoms. The second-order valence-corrected chi connectivity index (χ2v) is 6.31. The fourth-order valence-corrected chi connectivity index (χ4v) is 3.09. The van der Waals surface area contributed by atoms with E-state index in [-0.39, 0.29) is 16.7 Å². The molecule has 0 bridgehead atoms. The summed E-state index contributed by atoms with van der Waals surface area (Å²) >= 11 is 1.30. The Morgan fingerprint density at radius 2 is 2.14 bits per heavy atom. The summed E-state index contributed by atoms with van der Waals surface area (Å²) in [5.41, 5.74) is 2.52. The molecule has 0 aliphatic rings. The Morgan fingerprint density at radius 3 is 2.81 bits per heavy atom. The number of nitrogens with one attached hydrogen (secondary N) is 1. The summed E-state index contributed by atoms with van der Waals surface area (Å²) in [6.07, 6.45) is 0. The number of hydrogen-bond donors (Lipinski definition) is 1. The Bertz CT molecular complexity index is 718. The van der Waals surface area contributed by atoms with Crippen LogP contribution in [0.4, 0.5) is 0 Å². The standard InChI is InChI=1S/C15H19N3O2S/c1-5-18-14(20)16-17-15(18)21-11(4)13(19)12-8-9(2)6-7-10(12)3/h6-8,11H,5H2,1-4H3,(H,16,20). The van der Waals surface area contributed by atoms with Gasteiger partial charge in [0.25, 0.3) is 0 Å². The van der Waals surface area contributed by atoms with Crippen molar-refractivity contribution < 1.29 is 4.79 Å². The number of thioether (sulfide) groups is 1. The summed E-state index contributed by atoms with van der Waals surface area (Å²) in [6, 6.07) is 5.86. The van der Waals surface area contributed by atoms with Crippen LogP contribution in [-0.4, -0.2) is 25.8 Å². The highest BCUT2D eigenvalue weighted by Gasteiger charge is 2.21. The normalized spacial score (nSPS) is 12.4. The fraction of sp³-hybridized carbons (Fsp3) is 0.400. The molecule has 5 nitrogen and oxygen atoms in total. The van der Waals surface area contributed by atoms with Crippen LogP contribution in [0.3, 0.4) is 0 Å². The van der Waals surface area contributed by atoms with E-state index in [1.165, 1.54) is 16.3 Å². The number of benzene rings is 1. The largest absolute Gasteiger partial charge is 0.343 e. The number of ketones is 1. The molecule has 1 unspecified atom stereocenters. The Hall–Kier alpha value is -1.82. The van der Waals surface area contributed by atoms with E-state index in [2.05, 4.69) is 10.2 Å². The molecule has 0 saturated carbocycles. The van der Waals surface area contributed by atoms with E-state index in [0.717, 1.165) is 16.7 Å². The fourth-order valence-electron chi connectivity index (χ4n) is 2.10. The minimum atomic E-state index is -0.300. The SMILES string of the molecule is CCn1c(SC(C)C(=O)c2cc(C)ccc2C)n[nH]c1=O. The summed E-state index contributed by atoms with van der Waals surface area (Å²) in [7, 11) is 0. The van der Waals surface area contributed by atoms with Crippen LogP contribution in [0.25, 0.3) is 0 Å². The molecule has 1 heterocycles. The van der Waals surface area contributed by atoms with Gasteiger partial charge >= 0.3 is 5.69 Å². The van der Waals surface area contributed by atoms with Gasteiger partial charge in [-0.1, -0.05) is 29.5 Å². The molecule has 0 saturated heterocycles. The van der Waals surface area contributed by atoms with Crippen LogP contribution in [0.2, 0.25) is 0 Å². The van der Waals surface area contributed by atoms with Gasteiger partial charge in [-0.25, -0.2) is 9.89 Å². The van der Waals surface area contributed by atoms with Gasteiger partial charge in [-0.2, -0.15) is 0 Å². The first-order chi connectivity index (χ1) is 9.93. The lowest BCUT2D eigenvalue weighted by atomic mass is 10.0. The maximum Gasteiger partial charge on any atom is 0.343 e. The highest BCUT2D eigenvalue weighted by atomic mass is 32.2. The van der Waals surface area contributed by atoms with Gasteiger partial charge in [0.2, 0.25) is 0 Å². The maximum absolute atomic E-state index is 12.6. The number of aryl methyl sites for hydroxylation is 2. The molecular weight excluding hydrogens is 286 g/mol. The smallest absolute Gasteiger partial charge is 0.293 e. The molecule has 1 aromatic heterocycles. The van der Waals surface area contributed by atoms with E-state index in [1.807, 2.05) is 45.9 Å². The third-order valence-corrected chi connectivity index (χ3v) is 4.44. The Balaban J connectivity index is 2.23. The molecule has 6 heteroatoms. The van der Waals surface area contributed by atoms with Crippen molar-refractivity contribution in [1.82, 2.24) is 14.8 Å². The summed E-state index contributed by atoms with van der Waals surface area (Å²) < 4.78 is 1.53. The van der Waals surface area contributed by atoms with Gasteiger partial charge in [0, 0.05) is 12.1 Å². The molecule has 0 amide bonds. The number of hydrogen-bond acceptors (Lipinski definition) is 4. The molecule has 0 aliphatic heterocycles. The van der Waals surface area contributed by atoms with Crippen molar-refractivity contribution in [1.29, 1.82) is 0 Å². The van der Waals surface area contributed by atoms with E-state index in [4.69, 9.17) is 0 Å². The van der Waals surface area contributed by atoms with Crippen LogP contribution in [0.1, 0.15) is 35.3 Å². The van der Waals surface area contributed by atoms with Crippen molar-refractivity contribution in [3.63, 3.8) is 0 Å². The highest BCUT2D eigenvalue weighted by Crippen LogP contribution is 2.24. The molecule has 0 spiro atoms. The molecular formula is C15H19N3O2S. The Kier molecular flexibility index (Phi) is 4.67. The van der Waals surface area contributed by atoms with Gasteiger partial charge in [0.15, 0.2) is 10.9 Å². The average molecular weight is 305 g/mol. The maximum atomic E-state index is 12.6. The number of rotatable bonds is 5. The van der Waals surface area contributed by atoms with Gasteiger partial charge in [-0.15, -0.1) is 5.10 Å². The Labute approximate surface area is 127 Å². The highest BCUT2D eigenvalue weighted by molar-refractivity contribution is 8.00. The third kappa shape index (κ3) is 3.26. The first-order valence-corrected chi connectivity index (χ1v) is 7.75. The number of carbonyl (C=O) groups excluding carboxylic acids is 1. The molecule has 2 rings (SSSR count). The minimum Gasteiger partial charge on any atom is -0.293 e. The van der Waals surface area contributed by atoms with E-state index >= 15 is 0 Å². The average Bonchev–Trinajstić information content (AvgIpc) is 2.80. The van der Waals surface area contributed by atoms with Gasteiger partial charge < -0.3 is 0 Å². The van der Waals surface area contributed by atoms with Crippen molar-refractivity contribution in [2.45, 2.75) is 44.6 Å². The second-order valence-electron chi connectivity index (χ2n) is 5.00. The number of carbonyl (C=O) groups is 1. The van der Waals surface area contributed by atoms with Crippen LogP contribution >= 0.6 is 11.8 Å². The van der Waals surface area contributed by atoms with E-state index in [9.17, 15) is 9.59 Å². The van der Waals surface area contributed by atoms with Crippen LogP contribution < -0.4 is 5.69 Å². The second kappa shape index (κ2) is 6.30. The number of nitrogens with zero attached hydrogens (tertiary/aromatic N) is 2. The summed E-state index contributed by atoms with van der Waals surface area (Å²) in [5, 5.41) is 6.65. The van der Waals surface area contributed by atoms with Crippen LogP contribution in [0, 0.1) is 13.8 Å². The monoisotopic (exact) mass is 305 g/mol. The molecule has 1 atom stereocenters. The van der Waals surface area contributed by atoms with E-state index < -0.39 is 0 Å². The van der Waals surface area contributed by atoms with Crippen molar-refractivity contribution in [3.8, 4) is 0 Å². The summed E-state index contributed by atoms with van der Waals surface area (Å²) in [6.45, 7) is 8.14.